The lowest BCUT2D eigenvalue weighted by Crippen LogP contribution is -2.56. The molecule has 8 nitrogen and oxygen atoms in total. The van der Waals surface area contributed by atoms with Gasteiger partial charge in [0.2, 0.25) is 17.8 Å². The number of nitrogens with one attached hydrogen (secondary N) is 2. The van der Waals surface area contributed by atoms with Crippen LogP contribution in [-0.2, 0) is 16.1 Å². The summed E-state index contributed by atoms with van der Waals surface area (Å²) in [5.41, 5.74) is 0.970. The van der Waals surface area contributed by atoms with Crippen molar-refractivity contribution in [1.29, 1.82) is 0 Å². The quantitative estimate of drug-likeness (QED) is 0.786. The average molecular weight is 328 g/mol. The molecule has 1 aliphatic heterocycles. The van der Waals surface area contributed by atoms with E-state index in [0.717, 1.165) is 5.69 Å². The van der Waals surface area contributed by atoms with Crippen LogP contribution in [0.2, 0.25) is 0 Å². The maximum Gasteiger partial charge on any atom is 0.237 e. The largest absolute Gasteiger partial charge is 0.359 e. The van der Waals surface area contributed by atoms with Crippen molar-refractivity contribution in [1.82, 2.24) is 30.1 Å². The lowest BCUT2D eigenvalue weighted by molar-refractivity contribution is -0.134. The lowest BCUT2D eigenvalue weighted by Gasteiger charge is -2.34. The van der Waals surface area contributed by atoms with Crippen molar-refractivity contribution in [2.75, 3.05) is 20.1 Å². The molecule has 0 aromatic carbocycles. The number of carbonyl (C=O) groups excluding carboxylic acids is 2. The Morgan fingerprint density at radius 1 is 1.38 bits per heavy atom. The van der Waals surface area contributed by atoms with Crippen LogP contribution >= 0.6 is 0 Å². The van der Waals surface area contributed by atoms with Gasteiger partial charge in [0.25, 0.3) is 0 Å². The van der Waals surface area contributed by atoms with Gasteiger partial charge in [0.1, 0.15) is 0 Å². The first kappa shape index (κ1) is 16.1. The number of carbonyl (C=O) groups is 2. The van der Waals surface area contributed by atoms with E-state index >= 15 is 0 Å². The van der Waals surface area contributed by atoms with Crippen LogP contribution in [0.25, 0.3) is 5.95 Å². The number of nitrogens with zero attached hydrogens (tertiary/aromatic N) is 4. The fourth-order valence-electron chi connectivity index (χ4n) is 2.81. The lowest BCUT2D eigenvalue weighted by atomic mass is 10.1. The van der Waals surface area contributed by atoms with Crippen molar-refractivity contribution in [2.24, 2.45) is 0 Å². The van der Waals surface area contributed by atoms with Crippen LogP contribution in [0.1, 0.15) is 12.1 Å². The third-order valence-corrected chi connectivity index (χ3v) is 4.07. The Balaban J connectivity index is 1.80. The zero-order valence-electron chi connectivity index (χ0n) is 13.5. The van der Waals surface area contributed by atoms with Gasteiger partial charge < -0.3 is 10.6 Å². The van der Waals surface area contributed by atoms with Gasteiger partial charge in [-0.2, -0.15) is 0 Å². The molecule has 1 atom stereocenters. The highest BCUT2D eigenvalue weighted by molar-refractivity contribution is 5.88. The fourth-order valence-corrected chi connectivity index (χ4v) is 2.81. The molecular formula is C16H20N6O2. The summed E-state index contributed by atoms with van der Waals surface area (Å²) in [4.78, 5) is 34.4. The van der Waals surface area contributed by atoms with Crippen molar-refractivity contribution < 1.29 is 9.59 Å². The molecule has 0 saturated carbocycles. The first-order chi connectivity index (χ1) is 11.7. The third-order valence-electron chi connectivity index (χ3n) is 4.07. The number of piperazine rings is 1. The molecule has 0 aliphatic carbocycles. The van der Waals surface area contributed by atoms with E-state index in [4.69, 9.17) is 0 Å². The number of aromatic nitrogens is 3. The second kappa shape index (κ2) is 7.22. The zero-order chi connectivity index (χ0) is 16.9. The predicted octanol–water partition coefficient (Wildman–Crippen LogP) is -0.296. The summed E-state index contributed by atoms with van der Waals surface area (Å²) < 4.78 is 1.89. The van der Waals surface area contributed by atoms with Gasteiger partial charge in [0, 0.05) is 51.0 Å². The molecular weight excluding hydrogens is 308 g/mol. The van der Waals surface area contributed by atoms with E-state index < -0.39 is 6.04 Å². The molecule has 8 heteroatoms. The van der Waals surface area contributed by atoms with Gasteiger partial charge in [-0.25, -0.2) is 9.97 Å². The second-order valence-electron chi connectivity index (χ2n) is 5.57. The summed E-state index contributed by atoms with van der Waals surface area (Å²) >= 11 is 0. The normalized spacial score (nSPS) is 18.2. The summed E-state index contributed by atoms with van der Waals surface area (Å²) in [5, 5.41) is 5.40. The molecule has 1 saturated heterocycles. The molecule has 1 fully saturated rings. The third kappa shape index (κ3) is 3.43. The summed E-state index contributed by atoms with van der Waals surface area (Å²) in [7, 11) is 1.57. The molecule has 0 spiro atoms. The smallest absolute Gasteiger partial charge is 0.237 e. The van der Waals surface area contributed by atoms with Gasteiger partial charge in [-0.1, -0.05) is 0 Å². The van der Waals surface area contributed by atoms with Crippen LogP contribution in [0.3, 0.4) is 0 Å². The van der Waals surface area contributed by atoms with Crippen molar-refractivity contribution in [3.8, 4) is 5.95 Å². The van der Waals surface area contributed by atoms with Gasteiger partial charge >= 0.3 is 0 Å². The van der Waals surface area contributed by atoms with E-state index in [1.165, 1.54) is 0 Å². The Labute approximate surface area is 139 Å². The van der Waals surface area contributed by atoms with E-state index in [-0.39, 0.29) is 18.2 Å². The topological polar surface area (TPSA) is 92.2 Å². The highest BCUT2D eigenvalue weighted by Gasteiger charge is 2.31. The SMILES string of the molecule is CNC(=O)C[C@@H]1C(=O)NCCN1Cc1cccn1-c1ncccn1. The van der Waals surface area contributed by atoms with E-state index in [9.17, 15) is 9.59 Å². The molecule has 0 radical (unpaired) electrons. The second-order valence-corrected chi connectivity index (χ2v) is 5.57. The monoisotopic (exact) mass is 328 g/mol. The molecule has 126 valence electrons. The predicted molar refractivity (Wildman–Crippen MR) is 87.3 cm³/mol. The van der Waals surface area contributed by atoms with Crippen molar-refractivity contribution >= 4 is 11.8 Å². The summed E-state index contributed by atoms with van der Waals surface area (Å²) in [6.07, 6.45) is 5.41. The average Bonchev–Trinajstić information content (AvgIpc) is 3.06. The van der Waals surface area contributed by atoms with E-state index in [2.05, 4.69) is 20.6 Å². The van der Waals surface area contributed by atoms with Crippen LogP contribution in [0, 0.1) is 0 Å². The Morgan fingerprint density at radius 3 is 2.92 bits per heavy atom. The summed E-state index contributed by atoms with van der Waals surface area (Å²) in [5.74, 6) is 0.324. The fraction of sp³-hybridized carbons (Fsp3) is 0.375. The standard InChI is InChI=1S/C16H20N6O2/c1-17-14(23)10-13-15(24)18-7-9-21(13)11-12-4-2-8-22(12)16-19-5-3-6-20-16/h2-6,8,13H,7,9-11H2,1H3,(H,17,23)(H,18,24)/t13-/m1/s1. The Morgan fingerprint density at radius 2 is 2.17 bits per heavy atom. The number of hydrogen-bond acceptors (Lipinski definition) is 5. The molecule has 2 aromatic rings. The molecule has 3 heterocycles. The molecule has 0 bridgehead atoms. The summed E-state index contributed by atoms with van der Waals surface area (Å²) in [6, 6.07) is 5.18. The van der Waals surface area contributed by atoms with Gasteiger partial charge in [-0.15, -0.1) is 0 Å². The highest BCUT2D eigenvalue weighted by Crippen LogP contribution is 2.16. The van der Waals surface area contributed by atoms with Crippen LogP contribution in [0.4, 0.5) is 0 Å². The highest BCUT2D eigenvalue weighted by atomic mass is 16.2. The van der Waals surface area contributed by atoms with Crippen molar-refractivity contribution in [3.05, 3.63) is 42.5 Å². The van der Waals surface area contributed by atoms with E-state index in [1.54, 1.807) is 25.5 Å². The minimum atomic E-state index is -0.473. The summed E-state index contributed by atoms with van der Waals surface area (Å²) in [6.45, 7) is 1.81. The molecule has 1 aliphatic rings. The maximum atomic E-state index is 12.2. The van der Waals surface area contributed by atoms with E-state index in [0.29, 0.717) is 25.6 Å². The van der Waals surface area contributed by atoms with Crippen molar-refractivity contribution in [3.63, 3.8) is 0 Å². The number of hydrogen-bond donors (Lipinski definition) is 2. The molecule has 0 unspecified atom stereocenters. The molecule has 24 heavy (non-hydrogen) atoms. The van der Waals surface area contributed by atoms with Crippen LogP contribution < -0.4 is 10.6 Å². The Bertz CT molecular complexity index is 714. The zero-order valence-corrected chi connectivity index (χ0v) is 13.5. The van der Waals surface area contributed by atoms with Crippen LogP contribution in [0.15, 0.2) is 36.8 Å². The minimum absolute atomic E-state index is 0.112. The van der Waals surface area contributed by atoms with Crippen LogP contribution in [-0.4, -0.2) is 57.4 Å². The molecule has 2 amide bonds. The maximum absolute atomic E-state index is 12.2. The molecule has 2 N–H and O–H groups in total. The van der Waals surface area contributed by atoms with Gasteiger partial charge in [-0.3, -0.25) is 19.1 Å². The van der Waals surface area contributed by atoms with Gasteiger partial charge in [0.15, 0.2) is 0 Å². The Hall–Kier alpha value is -2.74. The van der Waals surface area contributed by atoms with Gasteiger partial charge in [-0.05, 0) is 18.2 Å². The first-order valence-corrected chi connectivity index (χ1v) is 7.85. The Kier molecular flexibility index (Phi) is 4.85. The molecule has 3 rings (SSSR count). The van der Waals surface area contributed by atoms with Crippen molar-refractivity contribution in [2.45, 2.75) is 19.0 Å². The minimum Gasteiger partial charge on any atom is -0.359 e. The van der Waals surface area contributed by atoms with Gasteiger partial charge in [0.05, 0.1) is 12.5 Å². The number of rotatable bonds is 5. The van der Waals surface area contributed by atoms with Crippen LogP contribution in [0.5, 0.6) is 0 Å². The first-order valence-electron chi connectivity index (χ1n) is 7.85. The number of amides is 2. The molecule has 2 aromatic heterocycles. The van der Waals surface area contributed by atoms with E-state index in [1.807, 2.05) is 27.8 Å².